The number of carboxylic acid groups (broad SMARTS) is 1. The molecule has 2 N–H and O–H groups in total. The summed E-state index contributed by atoms with van der Waals surface area (Å²) >= 11 is 0. The molecular weight excluding hydrogens is 535 g/mol. The van der Waals surface area contributed by atoms with Crippen molar-refractivity contribution >= 4 is 17.6 Å². The fraction of sp³-hybridized carbons (Fsp3) is 0.345. The smallest absolute Gasteiger partial charge is 0.453 e. The van der Waals surface area contributed by atoms with Crippen LogP contribution in [0, 0.1) is 0 Å². The van der Waals surface area contributed by atoms with Gasteiger partial charge in [-0.15, -0.1) is 15.3 Å². The van der Waals surface area contributed by atoms with Crippen molar-refractivity contribution in [2.45, 2.75) is 50.7 Å². The van der Waals surface area contributed by atoms with Gasteiger partial charge in [-0.05, 0) is 86.5 Å². The Morgan fingerprint density at radius 2 is 1.68 bits per heavy atom. The van der Waals surface area contributed by atoms with E-state index in [0.29, 0.717) is 17.3 Å². The van der Waals surface area contributed by atoms with E-state index < -0.39 is 18.0 Å². The van der Waals surface area contributed by atoms with E-state index >= 15 is 0 Å². The molecule has 0 radical (unpaired) electrons. The molecule has 6 rings (SSSR count). The van der Waals surface area contributed by atoms with Crippen LogP contribution in [0.5, 0.6) is 0 Å². The number of aromatic nitrogens is 5. The SMILES string of the molecule is O=C(O)c1nnc(-n2nc(C(F)(F)F)nc2Nc2ccc3c(c2)CCC(N2CCCC2)CC3)cc1-c1ccccc1. The van der Waals surface area contributed by atoms with Gasteiger partial charge in [-0.25, -0.2) is 4.79 Å². The molecule has 2 aliphatic rings. The lowest BCUT2D eigenvalue weighted by molar-refractivity contribution is -0.144. The van der Waals surface area contributed by atoms with Crippen LogP contribution in [0.2, 0.25) is 0 Å². The molecule has 1 atom stereocenters. The summed E-state index contributed by atoms with van der Waals surface area (Å²) in [4.78, 5) is 18.1. The number of nitrogens with zero attached hydrogens (tertiary/aromatic N) is 6. The average molecular weight is 564 g/mol. The first-order valence-corrected chi connectivity index (χ1v) is 13.6. The van der Waals surface area contributed by atoms with Crippen LogP contribution in [0.25, 0.3) is 16.9 Å². The largest absolute Gasteiger partial charge is 0.476 e. The lowest BCUT2D eigenvalue weighted by Crippen LogP contribution is -2.32. The van der Waals surface area contributed by atoms with Crippen LogP contribution in [0.1, 0.15) is 53.1 Å². The number of alkyl halides is 3. The molecule has 9 nitrogen and oxygen atoms in total. The van der Waals surface area contributed by atoms with Crippen LogP contribution in [0.4, 0.5) is 24.8 Å². The predicted molar refractivity (Wildman–Crippen MR) is 145 cm³/mol. The number of benzene rings is 2. The van der Waals surface area contributed by atoms with Crippen molar-refractivity contribution < 1.29 is 23.1 Å². The van der Waals surface area contributed by atoms with E-state index in [2.05, 4.69) is 30.5 Å². The quantitative estimate of drug-likeness (QED) is 0.295. The molecule has 3 heterocycles. The van der Waals surface area contributed by atoms with Gasteiger partial charge in [0, 0.05) is 17.3 Å². The van der Waals surface area contributed by atoms with Gasteiger partial charge in [0.05, 0.1) is 0 Å². The number of likely N-dealkylation sites (tertiary alicyclic amines) is 1. The third-order valence-electron chi connectivity index (χ3n) is 7.76. The van der Waals surface area contributed by atoms with Gasteiger partial charge in [0.2, 0.25) is 5.95 Å². The number of hydrogen-bond donors (Lipinski definition) is 2. The molecule has 2 aromatic heterocycles. The fourth-order valence-electron chi connectivity index (χ4n) is 5.72. The molecule has 1 aliphatic carbocycles. The Kier molecular flexibility index (Phi) is 7.16. The lowest BCUT2D eigenvalue weighted by Gasteiger charge is -2.25. The maximum absolute atomic E-state index is 13.7. The Hall–Kier alpha value is -4.32. The van der Waals surface area contributed by atoms with Crippen LogP contribution >= 0.6 is 0 Å². The molecule has 1 fully saturated rings. The van der Waals surface area contributed by atoms with E-state index in [1.165, 1.54) is 24.5 Å². The van der Waals surface area contributed by atoms with Crippen molar-refractivity contribution in [3.8, 4) is 16.9 Å². The van der Waals surface area contributed by atoms with E-state index in [-0.39, 0.29) is 23.0 Å². The molecular formula is C29H28F3N7O2. The zero-order chi connectivity index (χ0) is 28.6. The zero-order valence-corrected chi connectivity index (χ0v) is 22.1. The van der Waals surface area contributed by atoms with Crippen molar-refractivity contribution in [1.29, 1.82) is 0 Å². The van der Waals surface area contributed by atoms with Crippen LogP contribution in [-0.4, -0.2) is 60.1 Å². The molecule has 2 aromatic carbocycles. The topological polar surface area (TPSA) is 109 Å². The van der Waals surface area contributed by atoms with Gasteiger partial charge in [0.25, 0.3) is 5.82 Å². The Morgan fingerprint density at radius 1 is 0.951 bits per heavy atom. The lowest BCUT2D eigenvalue weighted by atomic mass is 10.0. The van der Waals surface area contributed by atoms with Crippen molar-refractivity contribution in [2.24, 2.45) is 0 Å². The van der Waals surface area contributed by atoms with Gasteiger partial charge >= 0.3 is 12.1 Å². The first-order valence-electron chi connectivity index (χ1n) is 13.6. The van der Waals surface area contributed by atoms with Gasteiger partial charge in [-0.2, -0.15) is 22.8 Å². The van der Waals surface area contributed by atoms with Crippen molar-refractivity contribution in [3.63, 3.8) is 0 Å². The minimum atomic E-state index is -4.81. The molecule has 0 spiro atoms. The average Bonchev–Trinajstić information content (AvgIpc) is 3.60. The summed E-state index contributed by atoms with van der Waals surface area (Å²) in [6.45, 7) is 2.29. The van der Waals surface area contributed by atoms with Gasteiger partial charge < -0.3 is 15.3 Å². The third kappa shape index (κ3) is 5.64. The maximum atomic E-state index is 13.7. The summed E-state index contributed by atoms with van der Waals surface area (Å²) in [6.07, 6.45) is 1.66. The van der Waals surface area contributed by atoms with E-state index in [9.17, 15) is 23.1 Å². The van der Waals surface area contributed by atoms with Crippen molar-refractivity contribution in [3.05, 3.63) is 77.2 Å². The minimum Gasteiger partial charge on any atom is -0.476 e. The summed E-state index contributed by atoms with van der Waals surface area (Å²) in [5, 5.41) is 24.0. The Labute approximate surface area is 234 Å². The van der Waals surface area contributed by atoms with Crippen LogP contribution in [0.3, 0.4) is 0 Å². The number of carboxylic acids is 1. The van der Waals surface area contributed by atoms with Crippen molar-refractivity contribution in [1.82, 2.24) is 29.9 Å². The standard InChI is InChI=1S/C29H28F3N7O2/c30-29(31,32)27-34-28(33-21-11-8-18-9-12-22(13-10-20(18)16-21)38-14-4-5-15-38)39(37-27)24-17-23(19-6-2-1-3-7-19)25(26(40)41)36-35-24/h1-3,6-8,11,16-17,22H,4-5,9-10,12-15H2,(H,40,41)(H,33,34,37). The van der Waals surface area contributed by atoms with E-state index in [0.717, 1.165) is 49.0 Å². The first-order chi connectivity index (χ1) is 19.8. The second kappa shape index (κ2) is 10.9. The molecule has 4 aromatic rings. The summed E-state index contributed by atoms with van der Waals surface area (Å²) < 4.78 is 42.0. The normalized spacial score (nSPS) is 17.7. The Morgan fingerprint density at radius 3 is 2.39 bits per heavy atom. The van der Waals surface area contributed by atoms with E-state index in [1.807, 2.05) is 18.2 Å². The highest BCUT2D eigenvalue weighted by atomic mass is 19.4. The number of rotatable bonds is 6. The van der Waals surface area contributed by atoms with Crippen molar-refractivity contribution in [2.75, 3.05) is 18.4 Å². The van der Waals surface area contributed by atoms with Crippen LogP contribution in [-0.2, 0) is 19.0 Å². The molecule has 1 aliphatic heterocycles. The van der Waals surface area contributed by atoms with Gasteiger partial charge in [-0.1, -0.05) is 36.4 Å². The fourth-order valence-corrected chi connectivity index (χ4v) is 5.72. The summed E-state index contributed by atoms with van der Waals surface area (Å²) in [7, 11) is 0. The predicted octanol–water partition coefficient (Wildman–Crippen LogP) is 5.53. The number of hydrogen-bond acceptors (Lipinski definition) is 7. The summed E-state index contributed by atoms with van der Waals surface area (Å²) in [5.41, 5.74) is 3.36. The number of halogens is 3. The minimum absolute atomic E-state index is 0.109. The van der Waals surface area contributed by atoms with Gasteiger partial charge in [-0.3, -0.25) is 0 Å². The molecule has 0 bridgehead atoms. The molecule has 0 amide bonds. The maximum Gasteiger partial charge on any atom is 0.453 e. The zero-order valence-electron chi connectivity index (χ0n) is 22.1. The van der Waals surface area contributed by atoms with E-state index in [1.54, 1.807) is 30.3 Å². The van der Waals surface area contributed by atoms with E-state index in [4.69, 9.17) is 0 Å². The highest BCUT2D eigenvalue weighted by Crippen LogP contribution is 2.32. The first kappa shape index (κ1) is 26.9. The Balaban J connectivity index is 1.34. The highest BCUT2D eigenvalue weighted by molar-refractivity contribution is 5.94. The molecule has 12 heteroatoms. The number of fused-ring (bicyclic) bond motifs is 1. The van der Waals surface area contributed by atoms with Gasteiger partial charge in [0.1, 0.15) is 0 Å². The summed E-state index contributed by atoms with van der Waals surface area (Å²) in [5.74, 6) is -2.99. The van der Waals surface area contributed by atoms with Gasteiger partial charge in [0.15, 0.2) is 11.5 Å². The number of nitrogens with one attached hydrogen (secondary N) is 1. The number of aryl methyl sites for hydroxylation is 2. The second-order valence-electron chi connectivity index (χ2n) is 10.4. The third-order valence-corrected chi connectivity index (χ3v) is 7.76. The number of aromatic carboxylic acids is 1. The molecule has 212 valence electrons. The molecule has 1 saturated heterocycles. The highest BCUT2D eigenvalue weighted by Gasteiger charge is 2.38. The monoisotopic (exact) mass is 563 g/mol. The Bertz CT molecular complexity index is 1570. The molecule has 1 unspecified atom stereocenters. The number of carbonyl (C=O) groups is 1. The van der Waals surface area contributed by atoms with Crippen LogP contribution < -0.4 is 5.32 Å². The summed E-state index contributed by atoms with van der Waals surface area (Å²) in [6, 6.07) is 16.3. The molecule has 0 saturated carbocycles. The second-order valence-corrected chi connectivity index (χ2v) is 10.4. The van der Waals surface area contributed by atoms with Crippen LogP contribution in [0.15, 0.2) is 54.6 Å². The number of anilines is 2. The molecule has 41 heavy (non-hydrogen) atoms.